The van der Waals surface area contributed by atoms with Crippen molar-refractivity contribution in [1.82, 2.24) is 5.32 Å². The van der Waals surface area contributed by atoms with Crippen LogP contribution in [-0.2, 0) is 33.3 Å². The van der Waals surface area contributed by atoms with Gasteiger partial charge in [0.15, 0.2) is 0 Å². The molecule has 206 valence electrons. The molecule has 0 heterocycles. The minimum atomic E-state index is -4.47. The van der Waals surface area contributed by atoms with E-state index in [1.807, 2.05) is 6.07 Å². The minimum Gasteiger partial charge on any atom is -0.467 e. The molecule has 3 aromatic rings. The van der Waals surface area contributed by atoms with E-state index in [4.69, 9.17) is 14.2 Å². The van der Waals surface area contributed by atoms with E-state index in [-0.39, 0.29) is 6.42 Å². The van der Waals surface area contributed by atoms with Crippen LogP contribution >= 0.6 is 0 Å². The summed E-state index contributed by atoms with van der Waals surface area (Å²) in [6.45, 7) is 5.19. The lowest BCUT2D eigenvalue weighted by atomic mass is 9.78. The minimum absolute atomic E-state index is 0.153. The highest BCUT2D eigenvalue weighted by Crippen LogP contribution is 2.38. The monoisotopic (exact) mass is 541 g/mol. The molecule has 1 N–H and O–H groups in total. The molecule has 0 saturated heterocycles. The molecule has 9 heteroatoms. The SMILES string of the molecule is COC(=O)C1(NC(=O)OC(C)(C)C)CCc2ccc(Oc3ccccc3-c3cccc(C(F)(F)F)c3)cc2C1. The molecule has 0 aliphatic heterocycles. The molecular formula is C30H30F3NO5. The third-order valence-corrected chi connectivity index (χ3v) is 6.42. The van der Waals surface area contributed by atoms with Gasteiger partial charge < -0.3 is 19.5 Å². The van der Waals surface area contributed by atoms with E-state index >= 15 is 0 Å². The number of methoxy groups -OCH3 is 1. The quantitative estimate of drug-likeness (QED) is 0.349. The number of fused-ring (bicyclic) bond motifs is 1. The number of alkyl halides is 3. The van der Waals surface area contributed by atoms with Gasteiger partial charge in [-0.15, -0.1) is 0 Å². The standard InChI is InChI=1S/C30H30F3NO5/c1-28(2,3)39-27(36)34-29(26(35)37-4)15-14-19-12-13-23(17-21(19)18-29)38-25-11-6-5-10-24(25)20-8-7-9-22(16-20)30(31,32)33/h5-13,16-17H,14-15,18H2,1-4H3,(H,34,36). The summed E-state index contributed by atoms with van der Waals surface area (Å²) < 4.78 is 56.5. The molecule has 1 aliphatic rings. The Hall–Kier alpha value is -4.01. The highest BCUT2D eigenvalue weighted by Gasteiger charge is 2.45. The van der Waals surface area contributed by atoms with Gasteiger partial charge in [-0.3, -0.25) is 0 Å². The summed E-state index contributed by atoms with van der Waals surface area (Å²) in [7, 11) is 1.26. The van der Waals surface area contributed by atoms with Gasteiger partial charge in [-0.25, -0.2) is 9.59 Å². The molecule has 0 fully saturated rings. The van der Waals surface area contributed by atoms with Crippen molar-refractivity contribution in [2.45, 2.75) is 57.3 Å². The summed E-state index contributed by atoms with van der Waals surface area (Å²) in [5, 5.41) is 2.73. The summed E-state index contributed by atoms with van der Waals surface area (Å²) in [4.78, 5) is 25.5. The molecule has 1 unspecified atom stereocenters. The van der Waals surface area contributed by atoms with Crippen LogP contribution in [0.1, 0.15) is 43.9 Å². The number of amides is 1. The second-order valence-electron chi connectivity index (χ2n) is 10.5. The van der Waals surface area contributed by atoms with Gasteiger partial charge in [0, 0.05) is 12.0 Å². The second-order valence-corrected chi connectivity index (χ2v) is 10.5. The Morgan fingerprint density at radius 1 is 0.923 bits per heavy atom. The predicted molar refractivity (Wildman–Crippen MR) is 140 cm³/mol. The van der Waals surface area contributed by atoms with Crippen LogP contribution in [-0.4, -0.2) is 30.3 Å². The number of carbonyl (C=O) groups excluding carboxylic acids is 2. The Kier molecular flexibility index (Phi) is 7.63. The first kappa shape index (κ1) is 28.0. The number of benzene rings is 3. The first-order valence-corrected chi connectivity index (χ1v) is 12.5. The van der Waals surface area contributed by atoms with E-state index in [0.717, 1.165) is 23.3 Å². The zero-order valence-corrected chi connectivity index (χ0v) is 22.1. The average Bonchev–Trinajstić information content (AvgIpc) is 2.86. The van der Waals surface area contributed by atoms with Crippen LogP contribution in [0.3, 0.4) is 0 Å². The summed E-state index contributed by atoms with van der Waals surface area (Å²) in [6, 6.07) is 17.3. The van der Waals surface area contributed by atoms with E-state index in [1.54, 1.807) is 63.2 Å². The maximum atomic E-state index is 13.3. The summed E-state index contributed by atoms with van der Waals surface area (Å²) in [5.74, 6) is 0.227. The van der Waals surface area contributed by atoms with Gasteiger partial charge in [0.2, 0.25) is 0 Å². The molecule has 6 nitrogen and oxygen atoms in total. The van der Waals surface area contributed by atoms with E-state index in [0.29, 0.717) is 35.5 Å². The molecule has 4 rings (SSSR count). The number of carbonyl (C=O) groups is 2. The van der Waals surface area contributed by atoms with Gasteiger partial charge in [0.25, 0.3) is 0 Å². The third-order valence-electron chi connectivity index (χ3n) is 6.42. The molecular weight excluding hydrogens is 511 g/mol. The maximum absolute atomic E-state index is 13.3. The number of alkyl carbamates (subject to hydrolysis) is 1. The molecule has 1 amide bonds. The van der Waals surface area contributed by atoms with Gasteiger partial charge >= 0.3 is 18.2 Å². The lowest BCUT2D eigenvalue weighted by molar-refractivity contribution is -0.149. The van der Waals surface area contributed by atoms with Gasteiger partial charge in [0.05, 0.1) is 12.7 Å². The van der Waals surface area contributed by atoms with Crippen LogP contribution in [0.25, 0.3) is 11.1 Å². The fourth-order valence-corrected chi connectivity index (χ4v) is 4.65. The predicted octanol–water partition coefficient (Wildman–Crippen LogP) is 7.09. The maximum Gasteiger partial charge on any atom is 0.416 e. The van der Waals surface area contributed by atoms with Crippen molar-refractivity contribution >= 4 is 12.1 Å². The van der Waals surface area contributed by atoms with Crippen LogP contribution in [0.5, 0.6) is 11.5 Å². The summed E-state index contributed by atoms with van der Waals surface area (Å²) in [5.41, 5.74) is -0.196. The van der Waals surface area contributed by atoms with E-state index in [1.165, 1.54) is 13.2 Å². The molecule has 0 spiro atoms. The highest BCUT2D eigenvalue weighted by molar-refractivity contribution is 5.86. The van der Waals surface area contributed by atoms with Crippen LogP contribution in [0.2, 0.25) is 0 Å². The number of aryl methyl sites for hydroxylation is 1. The number of ether oxygens (including phenoxy) is 3. The van der Waals surface area contributed by atoms with Crippen molar-refractivity contribution in [2.75, 3.05) is 7.11 Å². The van der Waals surface area contributed by atoms with Gasteiger partial charge in [0.1, 0.15) is 22.6 Å². The molecule has 0 saturated carbocycles. The third kappa shape index (κ3) is 6.53. The molecule has 0 bridgehead atoms. The number of rotatable bonds is 5. The van der Waals surface area contributed by atoms with Crippen molar-refractivity contribution in [1.29, 1.82) is 0 Å². The molecule has 1 aliphatic carbocycles. The van der Waals surface area contributed by atoms with E-state index < -0.39 is 34.9 Å². The largest absolute Gasteiger partial charge is 0.467 e. The Labute approximate surface area is 225 Å². The Balaban J connectivity index is 1.63. The van der Waals surface area contributed by atoms with Crippen LogP contribution < -0.4 is 10.1 Å². The summed E-state index contributed by atoms with van der Waals surface area (Å²) >= 11 is 0. The molecule has 0 aromatic heterocycles. The number of nitrogens with one attached hydrogen (secondary N) is 1. The second kappa shape index (κ2) is 10.6. The van der Waals surface area contributed by atoms with Crippen molar-refractivity contribution in [3.05, 3.63) is 83.4 Å². The van der Waals surface area contributed by atoms with Crippen molar-refractivity contribution in [2.24, 2.45) is 0 Å². The van der Waals surface area contributed by atoms with Crippen LogP contribution in [0.4, 0.5) is 18.0 Å². The topological polar surface area (TPSA) is 73.9 Å². The van der Waals surface area contributed by atoms with E-state index in [9.17, 15) is 22.8 Å². The van der Waals surface area contributed by atoms with Crippen LogP contribution in [0.15, 0.2) is 66.7 Å². The van der Waals surface area contributed by atoms with Crippen molar-refractivity contribution in [3.8, 4) is 22.6 Å². The normalized spacial score (nSPS) is 17.1. The average molecular weight is 542 g/mol. The van der Waals surface area contributed by atoms with Crippen molar-refractivity contribution in [3.63, 3.8) is 0 Å². The molecule has 39 heavy (non-hydrogen) atoms. The Bertz CT molecular complexity index is 1380. The first-order valence-electron chi connectivity index (χ1n) is 12.5. The Morgan fingerprint density at radius 2 is 1.67 bits per heavy atom. The highest BCUT2D eigenvalue weighted by atomic mass is 19.4. The number of esters is 1. The van der Waals surface area contributed by atoms with Gasteiger partial charge in [-0.05, 0) is 80.6 Å². The number of hydrogen-bond acceptors (Lipinski definition) is 5. The fourth-order valence-electron chi connectivity index (χ4n) is 4.65. The van der Waals surface area contributed by atoms with Crippen LogP contribution in [0, 0.1) is 0 Å². The van der Waals surface area contributed by atoms with Gasteiger partial charge in [-0.1, -0.05) is 36.4 Å². The van der Waals surface area contributed by atoms with Gasteiger partial charge in [-0.2, -0.15) is 13.2 Å². The zero-order valence-electron chi connectivity index (χ0n) is 22.1. The van der Waals surface area contributed by atoms with E-state index in [2.05, 4.69) is 5.32 Å². The zero-order chi connectivity index (χ0) is 28.4. The smallest absolute Gasteiger partial charge is 0.416 e. The Morgan fingerprint density at radius 3 is 2.36 bits per heavy atom. The molecule has 0 radical (unpaired) electrons. The number of para-hydroxylation sites is 1. The first-order chi connectivity index (χ1) is 18.3. The number of halogens is 3. The number of hydrogen-bond donors (Lipinski definition) is 1. The lowest BCUT2D eigenvalue weighted by Gasteiger charge is -2.36. The molecule has 1 atom stereocenters. The summed E-state index contributed by atoms with van der Waals surface area (Å²) in [6.07, 6.45) is -4.21. The lowest BCUT2D eigenvalue weighted by Crippen LogP contribution is -2.59. The van der Waals surface area contributed by atoms with Crippen molar-refractivity contribution < 1.29 is 37.0 Å². The molecule has 3 aromatic carbocycles. The fraction of sp³-hybridized carbons (Fsp3) is 0.333.